The van der Waals surface area contributed by atoms with Gasteiger partial charge in [-0.15, -0.1) is 0 Å². The molecule has 0 aromatic heterocycles. The Kier molecular flexibility index (Phi) is 15.6. The molecule has 0 aromatic rings. The summed E-state index contributed by atoms with van der Waals surface area (Å²) in [5, 5.41) is 0. The van der Waals surface area contributed by atoms with E-state index in [0.29, 0.717) is 12.8 Å². The summed E-state index contributed by atoms with van der Waals surface area (Å²) < 4.78 is 0. The summed E-state index contributed by atoms with van der Waals surface area (Å²) in [5.74, 6) is 0.531. The van der Waals surface area contributed by atoms with Crippen molar-refractivity contribution in [1.29, 1.82) is 0 Å². The molecule has 3 aliphatic rings. The number of carbonyl (C=O) groups excluding carboxylic acids is 2. The Bertz CT molecular complexity index is 534. The van der Waals surface area contributed by atoms with E-state index in [4.69, 9.17) is 0 Å². The standard InChI is InChI=1S/C28H55N5O2/c1-4-5-6-7-8-9-10-11-12-13-16-31-17-14-27(34)32-23-19-29(2)20-24-33(28(35)15-18-31)26-22-30(3)21-25-32/h4-26H2,1-3H3. The molecule has 3 heterocycles. The zero-order chi connectivity index (χ0) is 25.3. The Morgan fingerprint density at radius 1 is 0.514 bits per heavy atom. The van der Waals surface area contributed by atoms with Crippen molar-refractivity contribution >= 4 is 11.8 Å². The average molecular weight is 494 g/mol. The van der Waals surface area contributed by atoms with Gasteiger partial charge in [0.25, 0.3) is 0 Å². The highest BCUT2D eigenvalue weighted by Crippen LogP contribution is 2.12. The van der Waals surface area contributed by atoms with Crippen LogP contribution < -0.4 is 0 Å². The summed E-state index contributed by atoms with van der Waals surface area (Å²) in [5.41, 5.74) is 0. The molecular weight excluding hydrogens is 438 g/mol. The van der Waals surface area contributed by atoms with E-state index in [1.807, 2.05) is 0 Å². The first kappa shape index (κ1) is 30.0. The molecule has 0 atom stereocenters. The number of carbonyl (C=O) groups is 2. The molecule has 2 amide bonds. The summed E-state index contributed by atoms with van der Waals surface area (Å²) >= 11 is 0. The number of rotatable bonds is 11. The molecule has 3 rings (SSSR count). The number of likely N-dealkylation sites (N-methyl/N-ethyl adjacent to an activating group) is 2. The number of hydrogen-bond donors (Lipinski definition) is 0. The van der Waals surface area contributed by atoms with E-state index in [2.05, 4.69) is 45.5 Å². The highest BCUT2D eigenvalue weighted by molar-refractivity contribution is 5.77. The Morgan fingerprint density at radius 3 is 1.29 bits per heavy atom. The number of nitrogens with zero attached hydrogens (tertiary/aromatic N) is 5. The van der Waals surface area contributed by atoms with Crippen LogP contribution in [0.3, 0.4) is 0 Å². The number of fused-ring (bicyclic) bond motifs is 14. The summed E-state index contributed by atoms with van der Waals surface area (Å²) in [7, 11) is 4.20. The van der Waals surface area contributed by atoms with Crippen LogP contribution >= 0.6 is 0 Å². The topological polar surface area (TPSA) is 50.3 Å². The van der Waals surface area contributed by atoms with E-state index in [1.54, 1.807) is 0 Å². The van der Waals surface area contributed by atoms with Gasteiger partial charge in [0.05, 0.1) is 0 Å². The maximum Gasteiger partial charge on any atom is 0.223 e. The molecule has 0 unspecified atom stereocenters. The lowest BCUT2D eigenvalue weighted by molar-refractivity contribution is -0.133. The molecule has 3 fully saturated rings. The number of hydrogen-bond acceptors (Lipinski definition) is 5. The Labute approximate surface area is 216 Å². The molecule has 0 spiro atoms. The molecule has 204 valence electrons. The van der Waals surface area contributed by atoms with Crippen LogP contribution in [0.5, 0.6) is 0 Å². The lowest BCUT2D eigenvalue weighted by atomic mass is 10.1. The van der Waals surface area contributed by atoms with Gasteiger partial charge in [-0.05, 0) is 27.1 Å². The molecule has 0 radical (unpaired) electrons. The van der Waals surface area contributed by atoms with Gasteiger partial charge in [-0.2, -0.15) is 0 Å². The minimum Gasteiger partial charge on any atom is -0.340 e. The minimum atomic E-state index is 0.266. The number of unbranched alkanes of at least 4 members (excludes halogenated alkanes) is 9. The fourth-order valence-electron chi connectivity index (χ4n) is 5.09. The fraction of sp³-hybridized carbons (Fsp3) is 0.929. The predicted molar refractivity (Wildman–Crippen MR) is 146 cm³/mol. The van der Waals surface area contributed by atoms with Crippen LogP contribution in [-0.2, 0) is 9.59 Å². The molecule has 7 heteroatoms. The van der Waals surface area contributed by atoms with Crippen molar-refractivity contribution in [3.05, 3.63) is 0 Å². The quantitative estimate of drug-likeness (QED) is 0.412. The van der Waals surface area contributed by atoms with Crippen LogP contribution in [0.4, 0.5) is 0 Å². The lowest BCUT2D eigenvalue weighted by Crippen LogP contribution is -2.48. The monoisotopic (exact) mass is 493 g/mol. The maximum atomic E-state index is 13.1. The van der Waals surface area contributed by atoms with Gasteiger partial charge in [-0.1, -0.05) is 64.7 Å². The van der Waals surface area contributed by atoms with Crippen LogP contribution in [0.15, 0.2) is 0 Å². The van der Waals surface area contributed by atoms with Crippen molar-refractivity contribution in [1.82, 2.24) is 24.5 Å². The van der Waals surface area contributed by atoms with Crippen LogP contribution in [0.2, 0.25) is 0 Å². The Balaban J connectivity index is 1.87. The Hall–Kier alpha value is -1.18. The van der Waals surface area contributed by atoms with Crippen LogP contribution in [0, 0.1) is 0 Å². The van der Waals surface area contributed by atoms with Crippen LogP contribution in [-0.4, -0.2) is 122 Å². The van der Waals surface area contributed by atoms with Crippen molar-refractivity contribution in [2.45, 2.75) is 84.0 Å². The zero-order valence-corrected chi connectivity index (χ0v) is 23.3. The van der Waals surface area contributed by atoms with Gasteiger partial charge in [-0.25, -0.2) is 0 Å². The molecule has 3 aliphatic heterocycles. The molecule has 0 aromatic carbocycles. The maximum absolute atomic E-state index is 13.1. The summed E-state index contributed by atoms with van der Waals surface area (Å²) in [6.07, 6.45) is 14.4. The molecule has 3 saturated heterocycles. The fourth-order valence-corrected chi connectivity index (χ4v) is 5.09. The van der Waals surface area contributed by atoms with E-state index in [-0.39, 0.29) is 11.8 Å². The van der Waals surface area contributed by atoms with Gasteiger partial charge in [-0.3, -0.25) is 9.59 Å². The van der Waals surface area contributed by atoms with Gasteiger partial charge in [0.15, 0.2) is 0 Å². The molecular formula is C28H55N5O2. The summed E-state index contributed by atoms with van der Waals surface area (Å²) in [6.45, 7) is 11.4. The molecule has 7 nitrogen and oxygen atoms in total. The van der Waals surface area contributed by atoms with Crippen molar-refractivity contribution in [3.63, 3.8) is 0 Å². The van der Waals surface area contributed by atoms with Crippen molar-refractivity contribution in [2.24, 2.45) is 0 Å². The minimum absolute atomic E-state index is 0.266. The highest BCUT2D eigenvalue weighted by Gasteiger charge is 2.22. The molecule has 2 bridgehead atoms. The largest absolute Gasteiger partial charge is 0.340 e. The third kappa shape index (κ3) is 13.1. The molecule has 35 heavy (non-hydrogen) atoms. The van der Waals surface area contributed by atoms with E-state index in [9.17, 15) is 9.59 Å². The van der Waals surface area contributed by atoms with Crippen LogP contribution in [0.1, 0.15) is 84.0 Å². The van der Waals surface area contributed by atoms with Gasteiger partial charge in [0.2, 0.25) is 11.8 Å². The summed E-state index contributed by atoms with van der Waals surface area (Å²) in [6, 6.07) is 0. The first-order valence-electron chi connectivity index (χ1n) is 14.6. The van der Waals surface area contributed by atoms with Gasteiger partial charge >= 0.3 is 0 Å². The van der Waals surface area contributed by atoms with Crippen molar-refractivity contribution in [2.75, 3.05) is 86.1 Å². The van der Waals surface area contributed by atoms with Gasteiger partial charge in [0.1, 0.15) is 0 Å². The summed E-state index contributed by atoms with van der Waals surface area (Å²) in [4.78, 5) is 37.3. The van der Waals surface area contributed by atoms with Crippen molar-refractivity contribution < 1.29 is 9.59 Å². The molecule has 0 aliphatic carbocycles. The van der Waals surface area contributed by atoms with E-state index >= 15 is 0 Å². The highest BCUT2D eigenvalue weighted by atomic mass is 16.2. The second-order valence-corrected chi connectivity index (χ2v) is 10.9. The molecule has 0 N–H and O–H groups in total. The molecule has 0 saturated carbocycles. The van der Waals surface area contributed by atoms with Gasteiger partial charge < -0.3 is 24.5 Å². The van der Waals surface area contributed by atoms with E-state index in [1.165, 1.54) is 64.2 Å². The lowest BCUT2D eigenvalue weighted by Gasteiger charge is -2.34. The average Bonchev–Trinajstić information content (AvgIpc) is 2.84. The SMILES string of the molecule is CCCCCCCCCCCCN1CCC(=O)N2CCN(C)CCN(CCN(C)CC2)C(=O)CC1. The normalized spacial score (nSPS) is 21.1. The first-order valence-corrected chi connectivity index (χ1v) is 14.6. The van der Waals surface area contributed by atoms with E-state index in [0.717, 1.165) is 72.0 Å². The first-order chi connectivity index (χ1) is 17.0. The number of amides is 2. The Morgan fingerprint density at radius 2 is 0.886 bits per heavy atom. The zero-order valence-electron chi connectivity index (χ0n) is 23.3. The van der Waals surface area contributed by atoms with Crippen molar-refractivity contribution in [3.8, 4) is 0 Å². The van der Waals surface area contributed by atoms with Crippen LogP contribution in [0.25, 0.3) is 0 Å². The second kappa shape index (κ2) is 18.1. The van der Waals surface area contributed by atoms with Gasteiger partial charge in [0, 0.05) is 78.3 Å². The third-order valence-corrected chi connectivity index (χ3v) is 7.82. The smallest absolute Gasteiger partial charge is 0.223 e. The predicted octanol–water partition coefficient (Wildman–Crippen LogP) is 3.54. The third-order valence-electron chi connectivity index (χ3n) is 7.82. The second-order valence-electron chi connectivity index (χ2n) is 10.9. The van der Waals surface area contributed by atoms with E-state index < -0.39 is 0 Å².